The second kappa shape index (κ2) is 5.96. The molecular formula is C17H15N3O2S. The zero-order valence-electron chi connectivity index (χ0n) is 12.3. The van der Waals surface area contributed by atoms with Gasteiger partial charge in [0.1, 0.15) is 5.75 Å². The monoisotopic (exact) mass is 325 g/mol. The number of amides is 1. The molecule has 2 aromatic carbocycles. The number of aromatic amines is 1. The first kappa shape index (κ1) is 14.1. The van der Waals surface area contributed by atoms with E-state index in [0.717, 1.165) is 21.9 Å². The summed E-state index contributed by atoms with van der Waals surface area (Å²) < 4.78 is 5.82. The number of carbonyl (C=O) groups excluding carboxylic acids is 1. The first-order valence-electron chi connectivity index (χ1n) is 7.44. The van der Waals surface area contributed by atoms with E-state index in [1.807, 2.05) is 42.5 Å². The fourth-order valence-corrected chi connectivity index (χ4v) is 3.43. The van der Waals surface area contributed by atoms with Gasteiger partial charge in [-0.15, -0.1) is 0 Å². The molecule has 0 saturated heterocycles. The predicted octanol–water partition coefficient (Wildman–Crippen LogP) is 3.19. The van der Waals surface area contributed by atoms with E-state index in [2.05, 4.69) is 15.3 Å². The van der Waals surface area contributed by atoms with Crippen LogP contribution in [-0.4, -0.2) is 27.9 Å². The second-order valence-corrected chi connectivity index (χ2v) is 6.36. The lowest BCUT2D eigenvalue weighted by molar-refractivity contribution is 0.0752. The molecule has 0 saturated carbocycles. The van der Waals surface area contributed by atoms with Crippen LogP contribution in [-0.2, 0) is 0 Å². The fraction of sp³-hybridized carbons (Fsp3) is 0.176. The molecule has 1 amide bonds. The number of hydrogen-bond acceptors (Lipinski definition) is 4. The van der Waals surface area contributed by atoms with Gasteiger partial charge in [0.05, 0.1) is 16.6 Å². The third-order valence-corrected chi connectivity index (χ3v) is 4.59. The Morgan fingerprint density at radius 1 is 1.13 bits per heavy atom. The van der Waals surface area contributed by atoms with Crippen molar-refractivity contribution in [3.05, 3.63) is 54.1 Å². The molecule has 1 atom stereocenters. The van der Waals surface area contributed by atoms with Gasteiger partial charge in [-0.1, -0.05) is 36.0 Å². The Labute approximate surface area is 137 Å². The summed E-state index contributed by atoms with van der Waals surface area (Å²) in [6.45, 7) is 0. The summed E-state index contributed by atoms with van der Waals surface area (Å²) in [5, 5.41) is 3.76. The van der Waals surface area contributed by atoms with Gasteiger partial charge in [-0.25, -0.2) is 4.98 Å². The number of rotatable bonds is 4. The molecule has 0 radical (unpaired) electrons. The number of nitrogens with one attached hydrogen (secondary N) is 2. The molecule has 1 unspecified atom stereocenters. The normalized spacial score (nSPS) is 16.7. The Bertz CT molecular complexity index is 829. The number of H-pyrrole nitrogens is 1. The van der Waals surface area contributed by atoms with E-state index in [0.29, 0.717) is 17.7 Å². The molecule has 2 N–H and O–H groups in total. The molecule has 116 valence electrons. The summed E-state index contributed by atoms with van der Waals surface area (Å²) >= 11 is 1.62. The first-order valence-corrected chi connectivity index (χ1v) is 8.42. The number of ether oxygens (including phenoxy) is 1. The highest BCUT2D eigenvalue weighted by Crippen LogP contribution is 2.25. The van der Waals surface area contributed by atoms with Crippen molar-refractivity contribution in [1.29, 1.82) is 0 Å². The van der Waals surface area contributed by atoms with Crippen molar-refractivity contribution in [2.24, 2.45) is 0 Å². The molecule has 0 bridgehead atoms. The molecule has 23 heavy (non-hydrogen) atoms. The van der Waals surface area contributed by atoms with Gasteiger partial charge >= 0.3 is 0 Å². The Hall–Kier alpha value is -2.47. The van der Waals surface area contributed by atoms with Crippen molar-refractivity contribution >= 4 is 28.7 Å². The van der Waals surface area contributed by atoms with Crippen LogP contribution in [0.15, 0.2) is 53.7 Å². The molecule has 6 heteroatoms. The van der Waals surface area contributed by atoms with Crippen molar-refractivity contribution < 1.29 is 9.53 Å². The number of aromatic nitrogens is 2. The van der Waals surface area contributed by atoms with Crippen LogP contribution in [0.3, 0.4) is 0 Å². The molecule has 0 fully saturated rings. The SMILES string of the molecule is O=C1NC(CCSc2nc3ccccc3[nH]2)Oc2ccccc21. The van der Waals surface area contributed by atoms with E-state index in [4.69, 9.17) is 4.74 Å². The van der Waals surface area contributed by atoms with Gasteiger partial charge in [-0.05, 0) is 24.3 Å². The number of thioether (sulfide) groups is 1. The summed E-state index contributed by atoms with van der Waals surface area (Å²) in [5.74, 6) is 1.37. The maximum atomic E-state index is 12.0. The average molecular weight is 325 g/mol. The lowest BCUT2D eigenvalue weighted by atomic mass is 10.1. The van der Waals surface area contributed by atoms with E-state index in [1.165, 1.54) is 0 Å². The van der Waals surface area contributed by atoms with Gasteiger partial charge in [-0.3, -0.25) is 4.79 Å². The summed E-state index contributed by atoms with van der Waals surface area (Å²) in [5.41, 5.74) is 2.59. The van der Waals surface area contributed by atoms with Crippen LogP contribution in [0, 0.1) is 0 Å². The van der Waals surface area contributed by atoms with Crippen LogP contribution in [0.4, 0.5) is 0 Å². The maximum Gasteiger partial charge on any atom is 0.257 e. The quantitative estimate of drug-likeness (QED) is 0.723. The number of hydrogen-bond donors (Lipinski definition) is 2. The van der Waals surface area contributed by atoms with Crippen LogP contribution in [0.1, 0.15) is 16.8 Å². The molecule has 3 aromatic rings. The fourth-order valence-electron chi connectivity index (χ4n) is 2.56. The lowest BCUT2D eigenvalue weighted by Gasteiger charge is -2.26. The zero-order chi connectivity index (χ0) is 15.6. The number of imidazole rings is 1. The Morgan fingerprint density at radius 3 is 2.87 bits per heavy atom. The Morgan fingerprint density at radius 2 is 1.96 bits per heavy atom. The summed E-state index contributed by atoms with van der Waals surface area (Å²) in [6, 6.07) is 15.2. The summed E-state index contributed by atoms with van der Waals surface area (Å²) in [6.07, 6.45) is 0.413. The third-order valence-electron chi connectivity index (χ3n) is 3.68. The highest BCUT2D eigenvalue weighted by atomic mass is 32.2. The molecule has 1 aliphatic heterocycles. The molecule has 2 heterocycles. The van der Waals surface area contributed by atoms with Gasteiger partial charge in [0.15, 0.2) is 11.4 Å². The second-order valence-electron chi connectivity index (χ2n) is 5.27. The largest absolute Gasteiger partial charge is 0.470 e. The maximum absolute atomic E-state index is 12.0. The van der Waals surface area contributed by atoms with Gasteiger partial charge in [0, 0.05) is 12.2 Å². The van der Waals surface area contributed by atoms with Crippen molar-refractivity contribution in [3.8, 4) is 5.75 Å². The summed E-state index contributed by atoms with van der Waals surface area (Å²) in [4.78, 5) is 19.8. The van der Waals surface area contributed by atoms with Crippen LogP contribution in [0.5, 0.6) is 5.75 Å². The van der Waals surface area contributed by atoms with Crippen molar-refractivity contribution in [2.75, 3.05) is 5.75 Å². The number of benzene rings is 2. The number of carbonyl (C=O) groups is 1. The summed E-state index contributed by atoms with van der Waals surface area (Å²) in [7, 11) is 0. The highest BCUT2D eigenvalue weighted by Gasteiger charge is 2.24. The molecule has 1 aromatic heterocycles. The van der Waals surface area contributed by atoms with E-state index in [-0.39, 0.29) is 12.1 Å². The van der Waals surface area contributed by atoms with E-state index >= 15 is 0 Å². The zero-order valence-corrected chi connectivity index (χ0v) is 13.1. The lowest BCUT2D eigenvalue weighted by Crippen LogP contribution is -2.43. The first-order chi connectivity index (χ1) is 11.3. The van der Waals surface area contributed by atoms with Gasteiger partial charge < -0.3 is 15.0 Å². The molecule has 4 rings (SSSR count). The predicted molar refractivity (Wildman–Crippen MR) is 89.8 cm³/mol. The number of nitrogens with zero attached hydrogens (tertiary/aromatic N) is 1. The van der Waals surface area contributed by atoms with Crippen molar-refractivity contribution in [1.82, 2.24) is 15.3 Å². The van der Waals surface area contributed by atoms with Crippen LogP contribution < -0.4 is 10.1 Å². The van der Waals surface area contributed by atoms with Crippen LogP contribution >= 0.6 is 11.8 Å². The van der Waals surface area contributed by atoms with Crippen molar-refractivity contribution in [3.63, 3.8) is 0 Å². The van der Waals surface area contributed by atoms with Crippen LogP contribution in [0.2, 0.25) is 0 Å². The smallest absolute Gasteiger partial charge is 0.257 e. The topological polar surface area (TPSA) is 67.0 Å². The minimum atomic E-state index is -0.297. The third kappa shape index (κ3) is 2.90. The standard InChI is InChI=1S/C17H15N3O2S/c21-16-11-5-1-4-8-14(11)22-15(20-16)9-10-23-17-18-12-6-2-3-7-13(12)19-17/h1-8,15H,9-10H2,(H,18,19)(H,20,21). The van der Waals surface area contributed by atoms with Gasteiger partial charge in [-0.2, -0.15) is 0 Å². The molecule has 5 nitrogen and oxygen atoms in total. The minimum Gasteiger partial charge on any atom is -0.470 e. The van der Waals surface area contributed by atoms with Crippen LogP contribution in [0.25, 0.3) is 11.0 Å². The highest BCUT2D eigenvalue weighted by molar-refractivity contribution is 7.99. The van der Waals surface area contributed by atoms with E-state index < -0.39 is 0 Å². The molecule has 0 spiro atoms. The molecule has 0 aliphatic carbocycles. The number of fused-ring (bicyclic) bond motifs is 2. The molecule has 1 aliphatic rings. The van der Waals surface area contributed by atoms with Gasteiger partial charge in [0.2, 0.25) is 0 Å². The van der Waals surface area contributed by atoms with Crippen molar-refractivity contribution in [2.45, 2.75) is 17.8 Å². The Kier molecular flexibility index (Phi) is 3.67. The molecular weight excluding hydrogens is 310 g/mol. The van der Waals surface area contributed by atoms with E-state index in [1.54, 1.807) is 17.8 Å². The average Bonchev–Trinajstić information content (AvgIpc) is 2.98. The number of para-hydroxylation sites is 3. The van der Waals surface area contributed by atoms with Gasteiger partial charge in [0.25, 0.3) is 5.91 Å². The minimum absolute atomic E-state index is 0.0782. The van der Waals surface area contributed by atoms with E-state index in [9.17, 15) is 4.79 Å². The Balaban J connectivity index is 1.37.